The first-order valence-corrected chi connectivity index (χ1v) is 9.19. The number of nitrogens with zero attached hydrogens (tertiary/aromatic N) is 1. The lowest BCUT2D eigenvalue weighted by Gasteiger charge is -2.33. The molecule has 2 N–H and O–H groups in total. The van der Waals surface area contributed by atoms with E-state index in [0.29, 0.717) is 6.42 Å². The van der Waals surface area contributed by atoms with Crippen LogP contribution in [0.3, 0.4) is 0 Å². The van der Waals surface area contributed by atoms with Gasteiger partial charge in [-0.3, -0.25) is 19.3 Å². The van der Waals surface area contributed by atoms with Crippen LogP contribution in [0.5, 0.6) is 0 Å². The van der Waals surface area contributed by atoms with Crippen LogP contribution in [0.25, 0.3) is 0 Å². The summed E-state index contributed by atoms with van der Waals surface area (Å²) in [7, 11) is 0. The summed E-state index contributed by atoms with van der Waals surface area (Å²) in [5, 5.41) is 5.29. The summed E-state index contributed by atoms with van der Waals surface area (Å²) in [5.74, 6) is -1.78. The maximum atomic E-state index is 13.1. The third-order valence-electron chi connectivity index (χ3n) is 5.04. The van der Waals surface area contributed by atoms with Crippen LogP contribution in [-0.2, 0) is 31.1 Å². The zero-order chi connectivity index (χ0) is 20.3. The molecule has 8 nitrogen and oxygen atoms in total. The minimum atomic E-state index is -1.14. The number of urea groups is 1. The van der Waals surface area contributed by atoms with Gasteiger partial charge in [-0.05, 0) is 37.3 Å². The van der Waals surface area contributed by atoms with Crippen molar-refractivity contribution >= 4 is 23.8 Å². The zero-order valence-corrected chi connectivity index (χ0v) is 15.7. The summed E-state index contributed by atoms with van der Waals surface area (Å²) in [4.78, 5) is 50.4. The largest absolute Gasteiger partial charge is 0.451 e. The molecule has 0 saturated carbocycles. The summed E-state index contributed by atoms with van der Waals surface area (Å²) in [6.45, 7) is 4.60. The number of carbonyl (C=O) groups is 4. The van der Waals surface area contributed by atoms with E-state index in [-0.39, 0.29) is 6.54 Å². The number of nitrogens with one attached hydrogen (secondary N) is 2. The van der Waals surface area contributed by atoms with Crippen LogP contribution in [0.4, 0.5) is 4.79 Å². The van der Waals surface area contributed by atoms with Gasteiger partial charge in [-0.25, -0.2) is 4.79 Å². The summed E-state index contributed by atoms with van der Waals surface area (Å²) in [6, 6.07) is 6.86. The molecule has 0 aromatic heterocycles. The number of aryl methyl sites for hydroxylation is 1. The van der Waals surface area contributed by atoms with Crippen molar-refractivity contribution in [3.63, 3.8) is 0 Å². The molecule has 0 bridgehead atoms. The standard InChI is InChI=1S/C20H23N3O5/c1-3-11-21-17(25)13(2)28-16(24)12-23-18(26)20(22-19(23)27)10-6-8-14-7-4-5-9-15(14)20/h3-5,7,9,13H,1,6,8,10-12H2,2H3,(H,21,25)(H,22,27)/t13-,20-/m0/s1. The highest BCUT2D eigenvalue weighted by molar-refractivity contribution is 6.09. The zero-order valence-electron chi connectivity index (χ0n) is 15.7. The molecule has 1 heterocycles. The Morgan fingerprint density at radius 2 is 2.14 bits per heavy atom. The van der Waals surface area contributed by atoms with Gasteiger partial charge in [0.2, 0.25) is 0 Å². The first-order chi connectivity index (χ1) is 13.4. The number of amides is 4. The minimum absolute atomic E-state index is 0.246. The molecule has 1 saturated heterocycles. The first kappa shape index (κ1) is 19.6. The fraction of sp³-hybridized carbons (Fsp3) is 0.400. The molecule has 1 fully saturated rings. The Balaban J connectivity index is 1.71. The molecule has 28 heavy (non-hydrogen) atoms. The average Bonchev–Trinajstić information content (AvgIpc) is 2.91. The van der Waals surface area contributed by atoms with Gasteiger partial charge in [-0.2, -0.15) is 0 Å². The predicted molar refractivity (Wildman–Crippen MR) is 100 cm³/mol. The van der Waals surface area contributed by atoms with Crippen molar-refractivity contribution in [2.45, 2.75) is 37.8 Å². The van der Waals surface area contributed by atoms with Crippen molar-refractivity contribution < 1.29 is 23.9 Å². The van der Waals surface area contributed by atoms with Crippen LogP contribution in [-0.4, -0.2) is 47.9 Å². The molecular weight excluding hydrogens is 362 g/mol. The Morgan fingerprint density at radius 1 is 1.39 bits per heavy atom. The number of hydrogen-bond donors (Lipinski definition) is 2. The fourth-order valence-corrected chi connectivity index (χ4v) is 3.69. The fourth-order valence-electron chi connectivity index (χ4n) is 3.69. The van der Waals surface area contributed by atoms with Gasteiger partial charge in [0.1, 0.15) is 12.1 Å². The van der Waals surface area contributed by atoms with E-state index in [1.54, 1.807) is 0 Å². The van der Waals surface area contributed by atoms with Crippen LogP contribution >= 0.6 is 0 Å². The number of benzene rings is 1. The third-order valence-corrected chi connectivity index (χ3v) is 5.04. The van der Waals surface area contributed by atoms with Crippen molar-refractivity contribution in [1.29, 1.82) is 0 Å². The highest BCUT2D eigenvalue weighted by atomic mass is 16.5. The van der Waals surface area contributed by atoms with E-state index in [9.17, 15) is 19.2 Å². The van der Waals surface area contributed by atoms with Crippen molar-refractivity contribution in [3.8, 4) is 0 Å². The maximum Gasteiger partial charge on any atom is 0.327 e. The van der Waals surface area contributed by atoms with E-state index in [1.165, 1.54) is 13.0 Å². The van der Waals surface area contributed by atoms with Crippen LogP contribution in [0.2, 0.25) is 0 Å². The Hall–Kier alpha value is -3.16. The Bertz CT molecular complexity index is 837. The van der Waals surface area contributed by atoms with Crippen LogP contribution < -0.4 is 10.6 Å². The number of imide groups is 1. The second kappa shape index (κ2) is 7.84. The van der Waals surface area contributed by atoms with Gasteiger partial charge in [0, 0.05) is 6.54 Å². The molecule has 2 aliphatic rings. The topological polar surface area (TPSA) is 105 Å². The van der Waals surface area contributed by atoms with E-state index in [4.69, 9.17) is 4.74 Å². The van der Waals surface area contributed by atoms with E-state index >= 15 is 0 Å². The van der Waals surface area contributed by atoms with Crippen LogP contribution in [0.1, 0.15) is 30.9 Å². The summed E-state index contributed by atoms with van der Waals surface area (Å²) in [5.41, 5.74) is 0.645. The van der Waals surface area contributed by atoms with E-state index in [1.807, 2.05) is 24.3 Å². The van der Waals surface area contributed by atoms with Crippen molar-refractivity contribution in [2.24, 2.45) is 0 Å². The van der Waals surface area contributed by atoms with Gasteiger partial charge >= 0.3 is 12.0 Å². The Kier molecular flexibility index (Phi) is 5.48. The number of carbonyl (C=O) groups excluding carboxylic acids is 4. The van der Waals surface area contributed by atoms with Gasteiger partial charge < -0.3 is 15.4 Å². The molecule has 3 rings (SSSR count). The molecule has 1 aliphatic carbocycles. The smallest absolute Gasteiger partial charge is 0.327 e. The van der Waals surface area contributed by atoms with Gasteiger partial charge in [-0.1, -0.05) is 30.3 Å². The van der Waals surface area contributed by atoms with Gasteiger partial charge in [0.15, 0.2) is 6.10 Å². The third kappa shape index (κ3) is 3.49. The quantitative estimate of drug-likeness (QED) is 0.432. The van der Waals surface area contributed by atoms with Crippen LogP contribution in [0.15, 0.2) is 36.9 Å². The minimum Gasteiger partial charge on any atom is -0.451 e. The van der Waals surface area contributed by atoms with Gasteiger partial charge in [0.05, 0.1) is 0 Å². The average molecular weight is 385 g/mol. The molecule has 1 aliphatic heterocycles. The second-order valence-electron chi connectivity index (χ2n) is 6.90. The van der Waals surface area contributed by atoms with E-state index < -0.39 is 42.0 Å². The van der Waals surface area contributed by atoms with E-state index in [2.05, 4.69) is 17.2 Å². The Morgan fingerprint density at radius 3 is 2.89 bits per heavy atom. The summed E-state index contributed by atoms with van der Waals surface area (Å²) in [6.07, 6.45) is 2.52. The molecule has 1 aromatic rings. The summed E-state index contributed by atoms with van der Waals surface area (Å²) < 4.78 is 5.05. The normalized spacial score (nSPS) is 21.7. The molecule has 8 heteroatoms. The van der Waals surface area contributed by atoms with E-state index in [0.717, 1.165) is 28.9 Å². The highest BCUT2D eigenvalue weighted by Gasteiger charge is 2.54. The number of ether oxygens (including phenoxy) is 1. The lowest BCUT2D eigenvalue weighted by molar-refractivity contribution is -0.156. The molecule has 148 valence electrons. The van der Waals surface area contributed by atoms with Gasteiger partial charge in [-0.15, -0.1) is 6.58 Å². The van der Waals surface area contributed by atoms with Gasteiger partial charge in [0.25, 0.3) is 11.8 Å². The predicted octanol–water partition coefficient (Wildman–Crippen LogP) is 1.00. The number of fused-ring (bicyclic) bond motifs is 2. The Labute approximate surface area is 162 Å². The number of hydrogen-bond acceptors (Lipinski definition) is 5. The maximum absolute atomic E-state index is 13.1. The lowest BCUT2D eigenvalue weighted by atomic mass is 9.76. The molecule has 1 aromatic carbocycles. The molecule has 0 radical (unpaired) electrons. The molecule has 2 atom stereocenters. The SMILES string of the molecule is C=CCNC(=O)[C@H](C)OC(=O)CN1C(=O)N[C@]2(CCCc3ccccc32)C1=O. The van der Waals surface area contributed by atoms with Crippen molar-refractivity contribution in [2.75, 3.05) is 13.1 Å². The molecular formula is C20H23N3O5. The first-order valence-electron chi connectivity index (χ1n) is 9.19. The molecule has 4 amide bonds. The lowest BCUT2D eigenvalue weighted by Crippen LogP contribution is -2.47. The second-order valence-corrected chi connectivity index (χ2v) is 6.90. The monoisotopic (exact) mass is 385 g/mol. The summed E-state index contributed by atoms with van der Waals surface area (Å²) >= 11 is 0. The van der Waals surface area contributed by atoms with Crippen molar-refractivity contribution in [3.05, 3.63) is 48.0 Å². The highest BCUT2D eigenvalue weighted by Crippen LogP contribution is 2.39. The molecule has 0 unspecified atom stereocenters. The van der Waals surface area contributed by atoms with Crippen LogP contribution in [0, 0.1) is 0 Å². The number of rotatable bonds is 6. The van der Waals surface area contributed by atoms with Crippen molar-refractivity contribution in [1.82, 2.24) is 15.5 Å². The molecule has 1 spiro atoms. The number of esters is 1.